The van der Waals surface area contributed by atoms with Crippen molar-refractivity contribution in [3.05, 3.63) is 18.2 Å². The molecule has 1 amide bonds. The molecule has 1 aromatic rings. The third kappa shape index (κ3) is 3.30. The van der Waals surface area contributed by atoms with E-state index in [2.05, 4.69) is 15.3 Å². The molecule has 1 saturated carbocycles. The maximum absolute atomic E-state index is 12.0. The minimum atomic E-state index is -0.0348. The summed E-state index contributed by atoms with van der Waals surface area (Å²) in [4.78, 5) is 19.1. The van der Waals surface area contributed by atoms with E-state index in [1.165, 1.54) is 6.42 Å². The van der Waals surface area contributed by atoms with E-state index in [4.69, 9.17) is 5.73 Å². The van der Waals surface area contributed by atoms with Crippen molar-refractivity contribution in [2.75, 3.05) is 0 Å². The molecule has 1 fully saturated rings. The molecule has 5 heteroatoms. The molecule has 0 saturated heterocycles. The van der Waals surface area contributed by atoms with Gasteiger partial charge in [-0.05, 0) is 12.8 Å². The molecule has 94 valence electrons. The first-order valence-electron chi connectivity index (χ1n) is 6.29. The maximum atomic E-state index is 12.0. The van der Waals surface area contributed by atoms with Crippen LogP contribution in [0.4, 0.5) is 0 Å². The number of aromatic amines is 1. The van der Waals surface area contributed by atoms with E-state index in [0.717, 1.165) is 31.5 Å². The van der Waals surface area contributed by atoms with E-state index in [1.807, 2.05) is 0 Å². The van der Waals surface area contributed by atoms with E-state index in [1.54, 1.807) is 12.4 Å². The summed E-state index contributed by atoms with van der Waals surface area (Å²) in [5, 5.41) is 2.90. The first-order valence-corrected chi connectivity index (χ1v) is 6.29. The highest BCUT2D eigenvalue weighted by Crippen LogP contribution is 2.22. The average Bonchev–Trinajstić information content (AvgIpc) is 2.75. The molecule has 1 aliphatic rings. The first-order chi connectivity index (χ1) is 8.27. The van der Waals surface area contributed by atoms with Gasteiger partial charge in [-0.3, -0.25) is 4.79 Å². The van der Waals surface area contributed by atoms with Crippen molar-refractivity contribution in [3.63, 3.8) is 0 Å². The highest BCUT2D eigenvalue weighted by molar-refractivity contribution is 5.79. The standard InChI is InChI=1S/C12H20N4O/c13-10-5-3-1-2-4-9(10)12(17)16-8-11-14-6-7-15-11/h6-7,9-10H,1-5,8,13H2,(H,14,15)(H,16,17). The summed E-state index contributed by atoms with van der Waals surface area (Å²) in [5.74, 6) is 0.809. The molecule has 1 aliphatic carbocycles. The summed E-state index contributed by atoms with van der Waals surface area (Å²) in [6.07, 6.45) is 8.73. The number of hydrogen-bond donors (Lipinski definition) is 3. The molecule has 17 heavy (non-hydrogen) atoms. The predicted molar refractivity (Wildman–Crippen MR) is 65.0 cm³/mol. The fourth-order valence-corrected chi connectivity index (χ4v) is 2.36. The third-order valence-corrected chi connectivity index (χ3v) is 3.39. The smallest absolute Gasteiger partial charge is 0.225 e. The Labute approximate surface area is 101 Å². The lowest BCUT2D eigenvalue weighted by Crippen LogP contribution is -2.41. The van der Waals surface area contributed by atoms with Crippen LogP contribution in [0.3, 0.4) is 0 Å². The topological polar surface area (TPSA) is 83.8 Å². The molecule has 1 heterocycles. The van der Waals surface area contributed by atoms with Crippen LogP contribution in [-0.4, -0.2) is 21.9 Å². The molecule has 4 N–H and O–H groups in total. The summed E-state index contributed by atoms with van der Waals surface area (Å²) >= 11 is 0. The number of hydrogen-bond acceptors (Lipinski definition) is 3. The van der Waals surface area contributed by atoms with Crippen LogP contribution >= 0.6 is 0 Å². The molecule has 0 spiro atoms. The minimum Gasteiger partial charge on any atom is -0.349 e. The Morgan fingerprint density at radius 2 is 2.29 bits per heavy atom. The van der Waals surface area contributed by atoms with Crippen molar-refractivity contribution in [2.45, 2.75) is 44.7 Å². The van der Waals surface area contributed by atoms with Gasteiger partial charge in [0.25, 0.3) is 0 Å². The molecular formula is C12H20N4O. The Bertz CT molecular complexity index is 349. The number of imidazole rings is 1. The van der Waals surface area contributed by atoms with Gasteiger partial charge in [-0.15, -0.1) is 0 Å². The van der Waals surface area contributed by atoms with E-state index in [9.17, 15) is 4.79 Å². The fourth-order valence-electron chi connectivity index (χ4n) is 2.36. The number of rotatable bonds is 3. The third-order valence-electron chi connectivity index (χ3n) is 3.39. The highest BCUT2D eigenvalue weighted by atomic mass is 16.1. The summed E-state index contributed by atoms with van der Waals surface area (Å²) in [5.41, 5.74) is 6.04. The largest absolute Gasteiger partial charge is 0.349 e. The second-order valence-electron chi connectivity index (χ2n) is 4.66. The first kappa shape index (κ1) is 12.1. The molecule has 0 bridgehead atoms. The molecule has 0 radical (unpaired) electrons. The molecule has 2 atom stereocenters. The Kier molecular flexibility index (Phi) is 4.14. The van der Waals surface area contributed by atoms with Crippen LogP contribution in [0.25, 0.3) is 0 Å². The summed E-state index contributed by atoms with van der Waals surface area (Å²) in [6.45, 7) is 0.453. The number of carbonyl (C=O) groups is 1. The Balaban J connectivity index is 1.85. The minimum absolute atomic E-state index is 0.00843. The van der Waals surface area contributed by atoms with Crippen LogP contribution < -0.4 is 11.1 Å². The lowest BCUT2D eigenvalue weighted by molar-refractivity contribution is -0.126. The molecule has 0 aromatic carbocycles. The van der Waals surface area contributed by atoms with Crippen LogP contribution in [0.2, 0.25) is 0 Å². The highest BCUT2D eigenvalue weighted by Gasteiger charge is 2.26. The van der Waals surface area contributed by atoms with Crippen LogP contribution in [0.5, 0.6) is 0 Å². The number of aromatic nitrogens is 2. The zero-order valence-electron chi connectivity index (χ0n) is 9.98. The van der Waals surface area contributed by atoms with Crippen LogP contribution in [0.1, 0.15) is 37.9 Å². The lowest BCUT2D eigenvalue weighted by Gasteiger charge is -2.20. The fraction of sp³-hybridized carbons (Fsp3) is 0.667. The number of amides is 1. The number of nitrogens with two attached hydrogens (primary N) is 1. The van der Waals surface area contributed by atoms with Gasteiger partial charge in [0.05, 0.1) is 12.5 Å². The Morgan fingerprint density at radius 3 is 3.06 bits per heavy atom. The molecule has 1 aromatic heterocycles. The second-order valence-corrected chi connectivity index (χ2v) is 4.66. The van der Waals surface area contributed by atoms with Gasteiger partial charge < -0.3 is 16.0 Å². The van der Waals surface area contributed by atoms with Crippen molar-refractivity contribution in [1.82, 2.24) is 15.3 Å². The maximum Gasteiger partial charge on any atom is 0.225 e. The summed E-state index contributed by atoms with van der Waals surface area (Å²) < 4.78 is 0. The van der Waals surface area contributed by atoms with Crippen molar-refractivity contribution in [2.24, 2.45) is 11.7 Å². The van der Waals surface area contributed by atoms with Gasteiger partial charge in [0.1, 0.15) is 5.82 Å². The number of nitrogens with one attached hydrogen (secondary N) is 2. The van der Waals surface area contributed by atoms with E-state index >= 15 is 0 Å². The van der Waals surface area contributed by atoms with E-state index < -0.39 is 0 Å². The SMILES string of the molecule is NC1CCCCCC1C(=O)NCc1ncc[nH]1. The van der Waals surface area contributed by atoms with Crippen molar-refractivity contribution >= 4 is 5.91 Å². The summed E-state index contributed by atoms with van der Waals surface area (Å²) in [7, 11) is 0. The van der Waals surface area contributed by atoms with Gasteiger partial charge in [0.2, 0.25) is 5.91 Å². The number of H-pyrrole nitrogens is 1. The number of carbonyl (C=O) groups excluding carboxylic acids is 1. The average molecular weight is 236 g/mol. The monoisotopic (exact) mass is 236 g/mol. The lowest BCUT2D eigenvalue weighted by atomic mass is 9.94. The zero-order valence-corrected chi connectivity index (χ0v) is 9.98. The van der Waals surface area contributed by atoms with Crippen molar-refractivity contribution < 1.29 is 4.79 Å². The van der Waals surface area contributed by atoms with Crippen LogP contribution in [0, 0.1) is 5.92 Å². The van der Waals surface area contributed by atoms with Gasteiger partial charge >= 0.3 is 0 Å². The van der Waals surface area contributed by atoms with Gasteiger partial charge in [-0.25, -0.2) is 4.98 Å². The van der Waals surface area contributed by atoms with Gasteiger partial charge in [-0.1, -0.05) is 19.3 Å². The number of nitrogens with zero attached hydrogens (tertiary/aromatic N) is 1. The van der Waals surface area contributed by atoms with E-state index in [0.29, 0.717) is 6.54 Å². The van der Waals surface area contributed by atoms with Crippen molar-refractivity contribution in [1.29, 1.82) is 0 Å². The quantitative estimate of drug-likeness (QED) is 0.683. The van der Waals surface area contributed by atoms with Crippen molar-refractivity contribution in [3.8, 4) is 0 Å². The van der Waals surface area contributed by atoms with Gasteiger partial charge in [0.15, 0.2) is 0 Å². The Hall–Kier alpha value is -1.36. The van der Waals surface area contributed by atoms with E-state index in [-0.39, 0.29) is 17.9 Å². The molecule has 2 rings (SSSR count). The second kappa shape index (κ2) is 5.82. The van der Waals surface area contributed by atoms with Gasteiger partial charge in [-0.2, -0.15) is 0 Å². The molecule has 5 nitrogen and oxygen atoms in total. The van der Waals surface area contributed by atoms with Crippen LogP contribution in [0.15, 0.2) is 12.4 Å². The van der Waals surface area contributed by atoms with Crippen LogP contribution in [-0.2, 0) is 11.3 Å². The molecular weight excluding hydrogens is 216 g/mol. The molecule has 2 unspecified atom stereocenters. The molecule has 0 aliphatic heterocycles. The predicted octanol–water partition coefficient (Wildman–Crippen LogP) is 0.933. The zero-order chi connectivity index (χ0) is 12.1. The normalized spacial score (nSPS) is 25.2. The summed E-state index contributed by atoms with van der Waals surface area (Å²) in [6, 6.07) is 0.00843. The Morgan fingerprint density at radius 1 is 1.47 bits per heavy atom. The van der Waals surface area contributed by atoms with Gasteiger partial charge in [0, 0.05) is 18.4 Å².